The molecule has 5 nitrogen and oxygen atoms in total. The van der Waals surface area contributed by atoms with Gasteiger partial charge in [0.25, 0.3) is 0 Å². The molecule has 5 heteroatoms. The normalized spacial score (nSPS) is 30.6. The highest BCUT2D eigenvalue weighted by Gasteiger charge is 2.34. The highest BCUT2D eigenvalue weighted by Crippen LogP contribution is 2.24. The third-order valence-corrected chi connectivity index (χ3v) is 4.81. The van der Waals surface area contributed by atoms with Crippen molar-refractivity contribution in [3.05, 3.63) is 0 Å². The lowest BCUT2D eigenvalue weighted by molar-refractivity contribution is -0.145. The van der Waals surface area contributed by atoms with Crippen molar-refractivity contribution in [1.29, 1.82) is 0 Å². The highest BCUT2D eigenvalue weighted by atomic mass is 16.3. The molecule has 0 aromatic carbocycles. The van der Waals surface area contributed by atoms with Crippen LogP contribution in [0.3, 0.4) is 0 Å². The number of nitrogens with zero attached hydrogens (tertiary/aromatic N) is 2. The van der Waals surface area contributed by atoms with Gasteiger partial charge >= 0.3 is 0 Å². The van der Waals surface area contributed by atoms with Gasteiger partial charge in [0.05, 0.1) is 12.0 Å². The van der Waals surface area contributed by atoms with E-state index in [0.29, 0.717) is 13.1 Å². The summed E-state index contributed by atoms with van der Waals surface area (Å²) in [7, 11) is 0. The van der Waals surface area contributed by atoms with Crippen LogP contribution in [0.2, 0.25) is 0 Å². The van der Waals surface area contributed by atoms with Crippen molar-refractivity contribution in [2.45, 2.75) is 46.1 Å². The number of piperidine rings is 2. The van der Waals surface area contributed by atoms with E-state index in [9.17, 15) is 14.7 Å². The van der Waals surface area contributed by atoms with Crippen LogP contribution in [-0.4, -0.2) is 59.0 Å². The lowest BCUT2D eigenvalue weighted by Gasteiger charge is -2.39. The lowest BCUT2D eigenvalue weighted by atomic mass is 9.92. The first-order valence-corrected chi connectivity index (χ1v) is 8.15. The molecule has 0 spiro atoms. The predicted octanol–water partition coefficient (Wildman–Crippen LogP) is 1.11. The van der Waals surface area contributed by atoms with E-state index in [4.69, 9.17) is 0 Å². The minimum absolute atomic E-state index is 0.0171. The Morgan fingerprint density at radius 3 is 2.43 bits per heavy atom. The number of β-amino-alcohol motifs (C(OH)–C–C–N with tert-alkyl or cyclic N) is 1. The minimum atomic E-state index is -0.417. The van der Waals surface area contributed by atoms with Gasteiger partial charge in [0.15, 0.2) is 0 Å². The van der Waals surface area contributed by atoms with Gasteiger partial charge in [0, 0.05) is 32.1 Å². The van der Waals surface area contributed by atoms with Crippen molar-refractivity contribution in [1.82, 2.24) is 9.80 Å². The van der Waals surface area contributed by atoms with Gasteiger partial charge in [-0.25, -0.2) is 0 Å². The van der Waals surface area contributed by atoms with E-state index < -0.39 is 6.10 Å². The molecule has 0 aromatic rings. The Morgan fingerprint density at radius 2 is 1.81 bits per heavy atom. The summed E-state index contributed by atoms with van der Waals surface area (Å²) in [6.45, 7) is 8.29. The quantitative estimate of drug-likeness (QED) is 0.830. The molecule has 2 fully saturated rings. The second kappa shape index (κ2) is 6.77. The first-order chi connectivity index (χ1) is 9.90. The number of carbonyl (C=O) groups is 2. The molecule has 0 saturated carbocycles. The molecule has 2 aliphatic heterocycles. The van der Waals surface area contributed by atoms with E-state index in [1.54, 1.807) is 4.90 Å². The number of hydrogen-bond donors (Lipinski definition) is 1. The Hall–Kier alpha value is -1.10. The van der Waals surface area contributed by atoms with Gasteiger partial charge in [-0.2, -0.15) is 0 Å². The zero-order valence-corrected chi connectivity index (χ0v) is 13.4. The van der Waals surface area contributed by atoms with Crippen LogP contribution < -0.4 is 0 Å². The van der Waals surface area contributed by atoms with Crippen molar-refractivity contribution in [3.8, 4) is 0 Å². The monoisotopic (exact) mass is 296 g/mol. The molecule has 2 saturated heterocycles. The smallest absolute Gasteiger partial charge is 0.227 e. The van der Waals surface area contributed by atoms with Crippen LogP contribution in [-0.2, 0) is 9.59 Å². The standard InChI is InChI=1S/C16H28N2O3/c1-11(2)15(20)17-7-4-5-13(9-17)16(21)18-8-6-12(3)14(19)10-18/h11-14,19H,4-10H2,1-3H3. The summed E-state index contributed by atoms with van der Waals surface area (Å²) in [5.74, 6) is 0.403. The summed E-state index contributed by atoms with van der Waals surface area (Å²) in [5.41, 5.74) is 0. The van der Waals surface area contributed by atoms with Crippen LogP contribution in [0.15, 0.2) is 0 Å². The summed E-state index contributed by atoms with van der Waals surface area (Å²) in [5, 5.41) is 9.95. The number of hydrogen-bond acceptors (Lipinski definition) is 3. The molecule has 120 valence electrons. The van der Waals surface area contributed by atoms with Crippen LogP contribution in [0.5, 0.6) is 0 Å². The van der Waals surface area contributed by atoms with E-state index in [2.05, 4.69) is 0 Å². The van der Waals surface area contributed by atoms with Crippen molar-refractivity contribution in [2.24, 2.45) is 17.8 Å². The topological polar surface area (TPSA) is 60.9 Å². The van der Waals surface area contributed by atoms with Gasteiger partial charge in [-0.15, -0.1) is 0 Å². The molecule has 2 heterocycles. The minimum Gasteiger partial charge on any atom is -0.391 e. The van der Waals surface area contributed by atoms with Gasteiger partial charge in [0.1, 0.15) is 0 Å². The molecule has 21 heavy (non-hydrogen) atoms. The molecule has 0 radical (unpaired) electrons. The van der Waals surface area contributed by atoms with Gasteiger partial charge in [-0.05, 0) is 25.2 Å². The zero-order valence-electron chi connectivity index (χ0n) is 13.4. The SMILES string of the molecule is CC(C)C(=O)N1CCCC(C(=O)N2CCC(C)C(O)C2)C1. The molecular formula is C16H28N2O3. The average molecular weight is 296 g/mol. The maximum absolute atomic E-state index is 12.6. The lowest BCUT2D eigenvalue weighted by Crippen LogP contribution is -2.52. The second-order valence-electron chi connectivity index (χ2n) is 6.90. The molecule has 2 aliphatic rings. The third-order valence-electron chi connectivity index (χ3n) is 4.81. The van der Waals surface area contributed by atoms with E-state index in [0.717, 1.165) is 32.4 Å². The van der Waals surface area contributed by atoms with Crippen LogP contribution in [0.4, 0.5) is 0 Å². The van der Waals surface area contributed by atoms with Gasteiger partial charge < -0.3 is 14.9 Å². The van der Waals surface area contributed by atoms with Gasteiger partial charge in [-0.3, -0.25) is 9.59 Å². The number of rotatable bonds is 2. The number of aliphatic hydroxyl groups is 1. The van der Waals surface area contributed by atoms with Crippen LogP contribution in [0.25, 0.3) is 0 Å². The molecule has 2 rings (SSSR count). The molecule has 0 aliphatic carbocycles. The Kier molecular flexibility index (Phi) is 5.25. The summed E-state index contributed by atoms with van der Waals surface area (Å²) < 4.78 is 0. The van der Waals surface area contributed by atoms with E-state index >= 15 is 0 Å². The maximum Gasteiger partial charge on any atom is 0.227 e. The average Bonchev–Trinajstić information content (AvgIpc) is 2.48. The largest absolute Gasteiger partial charge is 0.391 e. The number of aliphatic hydroxyl groups excluding tert-OH is 1. The van der Waals surface area contributed by atoms with Gasteiger partial charge in [0.2, 0.25) is 11.8 Å². The highest BCUT2D eigenvalue weighted by molar-refractivity contribution is 5.82. The van der Waals surface area contributed by atoms with Crippen molar-refractivity contribution in [3.63, 3.8) is 0 Å². The summed E-state index contributed by atoms with van der Waals surface area (Å²) in [6.07, 6.45) is 2.18. The fourth-order valence-corrected chi connectivity index (χ4v) is 3.25. The third kappa shape index (κ3) is 3.76. The van der Waals surface area contributed by atoms with Crippen LogP contribution >= 0.6 is 0 Å². The van der Waals surface area contributed by atoms with Crippen LogP contribution in [0.1, 0.15) is 40.0 Å². The fourth-order valence-electron chi connectivity index (χ4n) is 3.25. The van der Waals surface area contributed by atoms with E-state index in [1.807, 2.05) is 25.7 Å². The molecule has 3 unspecified atom stereocenters. The summed E-state index contributed by atoms with van der Waals surface area (Å²) in [4.78, 5) is 28.3. The molecule has 2 amide bonds. The van der Waals surface area contributed by atoms with Crippen molar-refractivity contribution < 1.29 is 14.7 Å². The summed E-state index contributed by atoms with van der Waals surface area (Å²) in [6, 6.07) is 0. The van der Waals surface area contributed by atoms with Gasteiger partial charge in [-0.1, -0.05) is 20.8 Å². The first kappa shape index (κ1) is 16.3. The van der Waals surface area contributed by atoms with Crippen molar-refractivity contribution in [2.75, 3.05) is 26.2 Å². The van der Waals surface area contributed by atoms with Crippen molar-refractivity contribution >= 4 is 11.8 Å². The zero-order chi connectivity index (χ0) is 15.6. The Labute approximate surface area is 127 Å². The Morgan fingerprint density at radius 1 is 1.10 bits per heavy atom. The molecule has 0 aromatic heterocycles. The first-order valence-electron chi connectivity index (χ1n) is 8.15. The maximum atomic E-state index is 12.6. The molecule has 1 N–H and O–H groups in total. The Balaban J connectivity index is 1.94. The second-order valence-corrected chi connectivity index (χ2v) is 6.90. The number of amides is 2. The van der Waals surface area contributed by atoms with E-state index in [1.165, 1.54) is 0 Å². The molecule has 0 bridgehead atoms. The summed E-state index contributed by atoms with van der Waals surface area (Å²) >= 11 is 0. The molecular weight excluding hydrogens is 268 g/mol. The van der Waals surface area contributed by atoms with Crippen LogP contribution in [0, 0.1) is 17.8 Å². The number of likely N-dealkylation sites (tertiary alicyclic amines) is 2. The predicted molar refractivity (Wildman–Crippen MR) is 80.5 cm³/mol. The molecule has 3 atom stereocenters. The fraction of sp³-hybridized carbons (Fsp3) is 0.875. The van der Waals surface area contributed by atoms with E-state index in [-0.39, 0.29) is 29.6 Å². The number of carbonyl (C=O) groups excluding carboxylic acids is 2. The Bertz CT molecular complexity index is 397.